The summed E-state index contributed by atoms with van der Waals surface area (Å²) in [6, 6.07) is 15.0. The average molecular weight is 444 g/mol. The first-order valence-electron chi connectivity index (χ1n) is 10.5. The molecule has 3 rings (SSSR count). The molecule has 0 fully saturated rings. The number of nitrogens with zero attached hydrogens (tertiary/aromatic N) is 3. The molecule has 1 heterocycles. The van der Waals surface area contributed by atoms with Gasteiger partial charge in [0.05, 0.1) is 30.2 Å². The molecule has 0 aliphatic carbocycles. The zero-order valence-corrected chi connectivity index (χ0v) is 19.3. The topological polar surface area (TPSA) is 59.8 Å². The van der Waals surface area contributed by atoms with Gasteiger partial charge in [-0.1, -0.05) is 30.7 Å². The van der Waals surface area contributed by atoms with E-state index < -0.39 is 6.10 Å². The van der Waals surface area contributed by atoms with E-state index in [1.807, 2.05) is 55.5 Å². The summed E-state index contributed by atoms with van der Waals surface area (Å²) in [5.74, 6) is 1.87. The standard InChI is InChI=1S/C24H30ClN3O3/c1-5-14-27(15-17(2)29)16-21-18(3)26-28(20-12-10-19(25)11-13-20)24(21)31-23-9-7-6-8-22(23)30-4/h6-13,17,29H,5,14-16H2,1-4H3. The molecule has 0 amide bonds. The van der Waals surface area contributed by atoms with Crippen LogP contribution in [0.15, 0.2) is 48.5 Å². The number of hydrogen-bond donors (Lipinski definition) is 1. The number of para-hydroxylation sites is 2. The van der Waals surface area contributed by atoms with Crippen molar-refractivity contribution in [2.45, 2.75) is 39.8 Å². The van der Waals surface area contributed by atoms with Crippen molar-refractivity contribution in [1.29, 1.82) is 0 Å². The van der Waals surface area contributed by atoms with Gasteiger partial charge in [0.25, 0.3) is 0 Å². The maximum atomic E-state index is 9.96. The van der Waals surface area contributed by atoms with Crippen LogP contribution in [-0.4, -0.2) is 46.1 Å². The van der Waals surface area contributed by atoms with Crippen LogP contribution in [0.25, 0.3) is 5.69 Å². The van der Waals surface area contributed by atoms with Crippen LogP contribution in [0.2, 0.25) is 5.02 Å². The van der Waals surface area contributed by atoms with Gasteiger partial charge >= 0.3 is 0 Å². The van der Waals surface area contributed by atoms with E-state index in [2.05, 4.69) is 11.8 Å². The number of hydrogen-bond acceptors (Lipinski definition) is 5. The second-order valence-electron chi connectivity index (χ2n) is 7.59. The Hall–Kier alpha value is -2.54. The van der Waals surface area contributed by atoms with E-state index >= 15 is 0 Å². The van der Waals surface area contributed by atoms with Gasteiger partial charge in [-0.25, -0.2) is 4.68 Å². The van der Waals surface area contributed by atoms with E-state index in [1.165, 1.54) is 0 Å². The molecule has 7 heteroatoms. The SMILES string of the molecule is CCCN(Cc1c(C)nn(-c2ccc(Cl)cc2)c1Oc1ccccc1OC)CC(C)O. The van der Waals surface area contributed by atoms with Crippen LogP contribution in [-0.2, 0) is 6.54 Å². The van der Waals surface area contributed by atoms with Gasteiger partial charge in [0.15, 0.2) is 11.5 Å². The van der Waals surface area contributed by atoms with Crippen LogP contribution >= 0.6 is 11.6 Å². The highest BCUT2D eigenvalue weighted by molar-refractivity contribution is 6.30. The Morgan fingerprint density at radius 2 is 1.81 bits per heavy atom. The summed E-state index contributed by atoms with van der Waals surface area (Å²) in [6.07, 6.45) is 0.566. The van der Waals surface area contributed by atoms with Crippen LogP contribution in [0.1, 0.15) is 31.5 Å². The summed E-state index contributed by atoms with van der Waals surface area (Å²) in [5, 5.41) is 15.4. The fraction of sp³-hybridized carbons (Fsp3) is 0.375. The molecule has 1 atom stereocenters. The predicted molar refractivity (Wildman–Crippen MR) is 124 cm³/mol. The normalized spacial score (nSPS) is 12.2. The largest absolute Gasteiger partial charge is 0.493 e. The third kappa shape index (κ3) is 5.79. The Morgan fingerprint density at radius 3 is 2.42 bits per heavy atom. The average Bonchev–Trinajstić information content (AvgIpc) is 3.04. The number of aryl methyl sites for hydroxylation is 1. The summed E-state index contributed by atoms with van der Waals surface area (Å²) >= 11 is 6.09. The number of aliphatic hydroxyl groups is 1. The molecule has 0 radical (unpaired) electrons. The second kappa shape index (κ2) is 10.7. The molecule has 1 unspecified atom stereocenters. The molecule has 1 aromatic heterocycles. The van der Waals surface area contributed by atoms with Gasteiger partial charge in [0.2, 0.25) is 5.88 Å². The number of benzene rings is 2. The molecule has 0 saturated heterocycles. The maximum Gasteiger partial charge on any atom is 0.227 e. The van der Waals surface area contributed by atoms with E-state index in [4.69, 9.17) is 26.2 Å². The van der Waals surface area contributed by atoms with Crippen LogP contribution in [0, 0.1) is 6.92 Å². The zero-order chi connectivity index (χ0) is 22.4. The number of rotatable bonds is 10. The second-order valence-corrected chi connectivity index (χ2v) is 8.03. The first kappa shape index (κ1) is 23.1. The molecule has 0 aliphatic heterocycles. The minimum atomic E-state index is -0.420. The van der Waals surface area contributed by atoms with Crippen molar-refractivity contribution in [2.75, 3.05) is 20.2 Å². The van der Waals surface area contributed by atoms with Crippen molar-refractivity contribution in [3.63, 3.8) is 0 Å². The van der Waals surface area contributed by atoms with Gasteiger partial charge in [-0.05, 0) is 63.2 Å². The van der Waals surface area contributed by atoms with Gasteiger partial charge in [-0.15, -0.1) is 0 Å². The van der Waals surface area contributed by atoms with Crippen molar-refractivity contribution < 1.29 is 14.6 Å². The summed E-state index contributed by atoms with van der Waals surface area (Å²) in [7, 11) is 1.62. The molecule has 1 N–H and O–H groups in total. The smallest absolute Gasteiger partial charge is 0.227 e. The Morgan fingerprint density at radius 1 is 1.13 bits per heavy atom. The zero-order valence-electron chi connectivity index (χ0n) is 18.5. The lowest BCUT2D eigenvalue weighted by Crippen LogP contribution is -2.31. The molecular weight excluding hydrogens is 414 g/mol. The number of aliphatic hydroxyl groups excluding tert-OH is 1. The highest BCUT2D eigenvalue weighted by Crippen LogP contribution is 2.36. The number of aromatic nitrogens is 2. The molecule has 6 nitrogen and oxygen atoms in total. The van der Waals surface area contributed by atoms with Gasteiger partial charge in [0, 0.05) is 18.1 Å². The monoisotopic (exact) mass is 443 g/mol. The third-order valence-electron chi connectivity index (χ3n) is 4.93. The lowest BCUT2D eigenvalue weighted by atomic mass is 10.2. The molecular formula is C24H30ClN3O3. The van der Waals surface area contributed by atoms with Crippen LogP contribution < -0.4 is 9.47 Å². The highest BCUT2D eigenvalue weighted by Gasteiger charge is 2.22. The van der Waals surface area contributed by atoms with Crippen LogP contribution in [0.3, 0.4) is 0 Å². The highest BCUT2D eigenvalue weighted by atomic mass is 35.5. The third-order valence-corrected chi connectivity index (χ3v) is 5.18. The van der Waals surface area contributed by atoms with Crippen molar-refractivity contribution in [3.05, 3.63) is 64.8 Å². The van der Waals surface area contributed by atoms with E-state index in [-0.39, 0.29) is 0 Å². The van der Waals surface area contributed by atoms with Gasteiger partial charge < -0.3 is 14.6 Å². The van der Waals surface area contributed by atoms with Gasteiger partial charge in [-0.3, -0.25) is 4.90 Å². The van der Waals surface area contributed by atoms with Crippen molar-refractivity contribution in [1.82, 2.24) is 14.7 Å². The summed E-state index contributed by atoms with van der Waals surface area (Å²) < 4.78 is 13.7. The Bertz CT molecular complexity index is 986. The predicted octanol–water partition coefficient (Wildman–Crippen LogP) is 5.23. The Balaban J connectivity index is 2.07. The molecule has 0 bridgehead atoms. The Labute approximate surface area is 189 Å². The maximum absolute atomic E-state index is 9.96. The van der Waals surface area contributed by atoms with Gasteiger partial charge in [-0.2, -0.15) is 5.10 Å². The Kier molecular flexibility index (Phi) is 7.96. The number of ether oxygens (including phenoxy) is 2. The molecule has 3 aromatic rings. The first-order chi connectivity index (χ1) is 14.9. The van der Waals surface area contributed by atoms with E-state index in [0.29, 0.717) is 35.5 Å². The first-order valence-corrected chi connectivity index (χ1v) is 10.9. The summed E-state index contributed by atoms with van der Waals surface area (Å²) in [5.41, 5.74) is 2.68. The van der Waals surface area contributed by atoms with E-state index in [1.54, 1.807) is 18.7 Å². The lowest BCUT2D eigenvalue weighted by molar-refractivity contribution is 0.122. The van der Waals surface area contributed by atoms with Crippen molar-refractivity contribution in [3.8, 4) is 23.1 Å². The minimum absolute atomic E-state index is 0.420. The molecule has 166 valence electrons. The van der Waals surface area contributed by atoms with Gasteiger partial charge in [0.1, 0.15) is 0 Å². The minimum Gasteiger partial charge on any atom is -0.493 e. The number of methoxy groups -OCH3 is 1. The fourth-order valence-electron chi connectivity index (χ4n) is 3.54. The molecule has 0 spiro atoms. The summed E-state index contributed by atoms with van der Waals surface area (Å²) in [4.78, 5) is 2.22. The van der Waals surface area contributed by atoms with Crippen LogP contribution in [0.5, 0.6) is 17.4 Å². The fourth-order valence-corrected chi connectivity index (χ4v) is 3.66. The molecule has 31 heavy (non-hydrogen) atoms. The molecule has 0 saturated carbocycles. The number of halogens is 1. The lowest BCUT2D eigenvalue weighted by Gasteiger charge is -2.23. The van der Waals surface area contributed by atoms with E-state index in [9.17, 15) is 5.11 Å². The quantitative estimate of drug-likeness (QED) is 0.465. The van der Waals surface area contributed by atoms with Crippen LogP contribution in [0.4, 0.5) is 0 Å². The summed E-state index contributed by atoms with van der Waals surface area (Å²) in [6.45, 7) is 7.97. The molecule has 2 aromatic carbocycles. The van der Waals surface area contributed by atoms with Crippen molar-refractivity contribution in [2.24, 2.45) is 0 Å². The van der Waals surface area contributed by atoms with Crippen molar-refractivity contribution >= 4 is 11.6 Å². The van der Waals surface area contributed by atoms with E-state index in [0.717, 1.165) is 29.9 Å². The molecule has 0 aliphatic rings.